The molecule has 1 aliphatic heterocycles. The number of carbonyl (C=O) groups is 1. The smallest absolute Gasteiger partial charge is 0.307 e. The highest BCUT2D eigenvalue weighted by molar-refractivity contribution is 5.69. The zero-order valence-electron chi connectivity index (χ0n) is 9.95. The molecule has 0 aromatic heterocycles. The van der Waals surface area contributed by atoms with Crippen LogP contribution in [0.25, 0.3) is 0 Å². The van der Waals surface area contributed by atoms with Gasteiger partial charge in [0.25, 0.3) is 0 Å². The molecule has 1 aliphatic rings. The van der Waals surface area contributed by atoms with Crippen LogP contribution in [0.2, 0.25) is 0 Å². The van der Waals surface area contributed by atoms with E-state index in [2.05, 4.69) is 24.1 Å². The van der Waals surface area contributed by atoms with E-state index in [0.717, 1.165) is 26.1 Å². The lowest BCUT2D eigenvalue weighted by Gasteiger charge is -2.41. The lowest BCUT2D eigenvalue weighted by molar-refractivity contribution is -0.142. The van der Waals surface area contributed by atoms with Crippen molar-refractivity contribution in [1.29, 1.82) is 0 Å². The van der Waals surface area contributed by atoms with Crippen molar-refractivity contribution in [2.24, 2.45) is 0 Å². The van der Waals surface area contributed by atoms with Gasteiger partial charge in [-0.1, -0.05) is 6.92 Å². The largest absolute Gasteiger partial charge is 0.469 e. The minimum Gasteiger partial charge on any atom is -0.469 e. The third-order valence-corrected chi connectivity index (χ3v) is 2.97. The van der Waals surface area contributed by atoms with Gasteiger partial charge >= 0.3 is 5.97 Å². The zero-order chi connectivity index (χ0) is 11.3. The Kier molecular flexibility index (Phi) is 5.05. The Morgan fingerprint density at radius 3 is 2.67 bits per heavy atom. The van der Waals surface area contributed by atoms with Gasteiger partial charge in [-0.05, 0) is 19.9 Å². The first-order chi connectivity index (χ1) is 7.19. The number of nitrogens with one attached hydrogen (secondary N) is 1. The Morgan fingerprint density at radius 1 is 1.60 bits per heavy atom. The van der Waals surface area contributed by atoms with Crippen molar-refractivity contribution in [2.75, 3.05) is 26.7 Å². The molecular weight excluding hydrogens is 192 g/mol. The summed E-state index contributed by atoms with van der Waals surface area (Å²) in [5.41, 5.74) is 0. The van der Waals surface area contributed by atoms with Crippen LogP contribution in [0.15, 0.2) is 0 Å². The monoisotopic (exact) mass is 214 g/mol. The molecule has 4 nitrogen and oxygen atoms in total. The summed E-state index contributed by atoms with van der Waals surface area (Å²) in [5, 5.41) is 3.26. The van der Waals surface area contributed by atoms with E-state index in [-0.39, 0.29) is 12.0 Å². The van der Waals surface area contributed by atoms with E-state index < -0.39 is 0 Å². The van der Waals surface area contributed by atoms with Gasteiger partial charge < -0.3 is 10.1 Å². The highest BCUT2D eigenvalue weighted by Gasteiger charge is 2.28. The van der Waals surface area contributed by atoms with Crippen molar-refractivity contribution >= 4 is 5.97 Å². The minimum absolute atomic E-state index is 0.115. The maximum atomic E-state index is 11.2. The van der Waals surface area contributed by atoms with Crippen LogP contribution in [-0.2, 0) is 9.53 Å². The first-order valence-electron chi connectivity index (χ1n) is 5.72. The first kappa shape index (κ1) is 12.5. The average Bonchev–Trinajstić information content (AvgIpc) is 2.14. The number of ether oxygens (including phenoxy) is 1. The van der Waals surface area contributed by atoms with Crippen molar-refractivity contribution in [3.05, 3.63) is 0 Å². The van der Waals surface area contributed by atoms with Gasteiger partial charge in [0.15, 0.2) is 0 Å². The number of methoxy groups -OCH3 is 1. The Labute approximate surface area is 92.0 Å². The number of hydrogen-bond acceptors (Lipinski definition) is 4. The van der Waals surface area contributed by atoms with Crippen molar-refractivity contribution in [1.82, 2.24) is 10.2 Å². The Hall–Kier alpha value is -0.610. The maximum Gasteiger partial charge on any atom is 0.307 e. The molecule has 1 N–H and O–H groups in total. The Bertz CT molecular complexity index is 205. The molecule has 0 aromatic rings. The van der Waals surface area contributed by atoms with Gasteiger partial charge in [0.2, 0.25) is 0 Å². The van der Waals surface area contributed by atoms with Gasteiger partial charge in [-0.25, -0.2) is 0 Å². The fourth-order valence-corrected chi connectivity index (χ4v) is 1.97. The fraction of sp³-hybridized carbons (Fsp3) is 0.909. The van der Waals surface area contributed by atoms with Crippen LogP contribution in [0, 0.1) is 0 Å². The van der Waals surface area contributed by atoms with E-state index in [1.807, 2.05) is 0 Å². The second-order valence-corrected chi connectivity index (χ2v) is 4.18. The molecule has 0 aliphatic carbocycles. The van der Waals surface area contributed by atoms with E-state index >= 15 is 0 Å². The molecule has 1 heterocycles. The predicted octanol–water partition coefficient (Wildman–Crippen LogP) is 0.622. The van der Waals surface area contributed by atoms with Crippen molar-refractivity contribution in [2.45, 2.75) is 38.8 Å². The predicted molar refractivity (Wildman–Crippen MR) is 59.7 cm³/mol. The highest BCUT2D eigenvalue weighted by Crippen LogP contribution is 2.13. The van der Waals surface area contributed by atoms with Gasteiger partial charge in [0, 0.05) is 25.2 Å². The lowest BCUT2D eigenvalue weighted by atomic mass is 10.1. The van der Waals surface area contributed by atoms with Gasteiger partial charge in [-0.15, -0.1) is 0 Å². The minimum atomic E-state index is -0.115. The van der Waals surface area contributed by atoms with Gasteiger partial charge in [-0.3, -0.25) is 9.69 Å². The SMILES string of the molecule is CCCN(C(C)CC(=O)OC)C1CNC1. The van der Waals surface area contributed by atoms with E-state index in [9.17, 15) is 4.79 Å². The molecule has 1 saturated heterocycles. The molecule has 15 heavy (non-hydrogen) atoms. The quantitative estimate of drug-likeness (QED) is 0.658. The molecule has 1 rings (SSSR count). The van der Waals surface area contributed by atoms with E-state index in [1.165, 1.54) is 7.11 Å². The maximum absolute atomic E-state index is 11.2. The second-order valence-electron chi connectivity index (χ2n) is 4.18. The Morgan fingerprint density at radius 2 is 2.27 bits per heavy atom. The van der Waals surface area contributed by atoms with E-state index in [4.69, 9.17) is 4.74 Å². The van der Waals surface area contributed by atoms with Crippen LogP contribution >= 0.6 is 0 Å². The molecule has 0 amide bonds. The summed E-state index contributed by atoms with van der Waals surface area (Å²) in [5.74, 6) is -0.115. The molecule has 1 unspecified atom stereocenters. The molecule has 1 atom stereocenters. The molecule has 0 saturated carbocycles. The zero-order valence-corrected chi connectivity index (χ0v) is 9.95. The number of esters is 1. The van der Waals surface area contributed by atoms with Crippen LogP contribution in [0.1, 0.15) is 26.7 Å². The topological polar surface area (TPSA) is 41.6 Å². The second kappa shape index (κ2) is 6.08. The summed E-state index contributed by atoms with van der Waals surface area (Å²) >= 11 is 0. The van der Waals surface area contributed by atoms with Gasteiger partial charge in [0.1, 0.15) is 0 Å². The van der Waals surface area contributed by atoms with Crippen molar-refractivity contribution in [3.8, 4) is 0 Å². The van der Waals surface area contributed by atoms with Crippen LogP contribution in [0.3, 0.4) is 0 Å². The molecule has 0 aromatic carbocycles. The summed E-state index contributed by atoms with van der Waals surface area (Å²) in [7, 11) is 1.45. The van der Waals surface area contributed by atoms with Crippen molar-refractivity contribution < 1.29 is 9.53 Å². The van der Waals surface area contributed by atoms with Crippen LogP contribution in [0.4, 0.5) is 0 Å². The molecule has 1 fully saturated rings. The first-order valence-corrected chi connectivity index (χ1v) is 5.72. The number of hydrogen-bond donors (Lipinski definition) is 1. The van der Waals surface area contributed by atoms with Gasteiger partial charge in [0.05, 0.1) is 13.5 Å². The van der Waals surface area contributed by atoms with Crippen molar-refractivity contribution in [3.63, 3.8) is 0 Å². The molecular formula is C11H22N2O2. The molecule has 0 bridgehead atoms. The molecule has 0 radical (unpaired) electrons. The number of carbonyl (C=O) groups excluding carboxylic acids is 1. The van der Waals surface area contributed by atoms with E-state index in [1.54, 1.807) is 0 Å². The summed E-state index contributed by atoms with van der Waals surface area (Å²) in [6.45, 7) is 7.43. The van der Waals surface area contributed by atoms with Gasteiger partial charge in [-0.2, -0.15) is 0 Å². The summed E-state index contributed by atoms with van der Waals surface area (Å²) in [6.07, 6.45) is 1.62. The highest BCUT2D eigenvalue weighted by atomic mass is 16.5. The lowest BCUT2D eigenvalue weighted by Crippen LogP contribution is -2.59. The normalized spacial score (nSPS) is 18.7. The van der Waals surface area contributed by atoms with E-state index in [0.29, 0.717) is 12.5 Å². The fourth-order valence-electron chi connectivity index (χ4n) is 1.97. The summed E-state index contributed by atoms with van der Waals surface area (Å²) < 4.78 is 4.70. The third kappa shape index (κ3) is 3.47. The molecule has 4 heteroatoms. The Balaban J connectivity index is 2.42. The number of rotatable bonds is 6. The molecule has 88 valence electrons. The standard InChI is InChI=1S/C11H22N2O2/c1-4-5-13(10-7-12-8-10)9(2)6-11(14)15-3/h9-10,12H,4-8H2,1-3H3. The summed E-state index contributed by atoms with van der Waals surface area (Å²) in [4.78, 5) is 13.6. The third-order valence-electron chi connectivity index (χ3n) is 2.97. The summed E-state index contributed by atoms with van der Waals surface area (Å²) in [6, 6.07) is 0.883. The van der Waals surface area contributed by atoms with Crippen LogP contribution < -0.4 is 5.32 Å². The number of nitrogens with zero attached hydrogens (tertiary/aromatic N) is 1. The van der Waals surface area contributed by atoms with Crippen LogP contribution in [0.5, 0.6) is 0 Å². The molecule has 0 spiro atoms. The average molecular weight is 214 g/mol. The van der Waals surface area contributed by atoms with Crippen LogP contribution in [-0.4, -0.2) is 49.7 Å².